The molecule has 0 aliphatic rings. The molecule has 7 heteroatoms. The van der Waals surface area contributed by atoms with Crippen LogP contribution >= 0.6 is 0 Å². The van der Waals surface area contributed by atoms with Gasteiger partial charge in [0.15, 0.2) is 0 Å². The molecule has 1 atom stereocenters. The van der Waals surface area contributed by atoms with Crippen molar-refractivity contribution in [1.29, 1.82) is 0 Å². The van der Waals surface area contributed by atoms with Crippen LogP contribution in [-0.4, -0.2) is 26.4 Å². The lowest BCUT2D eigenvalue weighted by atomic mass is 10.2. The first-order valence-electron chi connectivity index (χ1n) is 6.34. The van der Waals surface area contributed by atoms with Crippen molar-refractivity contribution in [3.8, 4) is 0 Å². The van der Waals surface area contributed by atoms with E-state index in [1.54, 1.807) is 24.3 Å². The van der Waals surface area contributed by atoms with E-state index in [2.05, 4.69) is 10.0 Å². The molecule has 4 N–H and O–H groups in total. The van der Waals surface area contributed by atoms with E-state index in [1.807, 2.05) is 13.8 Å². The average molecular weight is 299 g/mol. The lowest BCUT2D eigenvalue weighted by molar-refractivity contribution is -0.122. The number of nitrogen functional groups attached to an aromatic ring is 1. The molecule has 0 aliphatic heterocycles. The van der Waals surface area contributed by atoms with Crippen LogP contribution in [-0.2, 0) is 20.6 Å². The molecule has 20 heavy (non-hydrogen) atoms. The van der Waals surface area contributed by atoms with E-state index in [1.165, 1.54) is 6.92 Å². The molecule has 6 nitrogen and oxygen atoms in total. The van der Waals surface area contributed by atoms with Gasteiger partial charge in [0.25, 0.3) is 0 Å². The van der Waals surface area contributed by atoms with E-state index >= 15 is 0 Å². The molecule has 0 saturated heterocycles. The maximum absolute atomic E-state index is 12.0. The second-order valence-electron chi connectivity index (χ2n) is 5.00. The largest absolute Gasteiger partial charge is 0.399 e. The molecular formula is C13H21N3O3S. The quantitative estimate of drug-likeness (QED) is 0.669. The van der Waals surface area contributed by atoms with Crippen LogP contribution in [0.3, 0.4) is 0 Å². The number of nitrogens with two attached hydrogens (primary N) is 1. The molecule has 0 aromatic heterocycles. The van der Waals surface area contributed by atoms with Gasteiger partial charge in [-0.05, 0) is 38.5 Å². The van der Waals surface area contributed by atoms with E-state index in [9.17, 15) is 13.2 Å². The predicted octanol–water partition coefficient (Wildman–Crippen LogP) is 0.601. The minimum atomic E-state index is -3.58. The highest BCUT2D eigenvalue weighted by molar-refractivity contribution is 7.88. The summed E-state index contributed by atoms with van der Waals surface area (Å²) in [6.07, 6.45) is 0. The van der Waals surface area contributed by atoms with Crippen molar-refractivity contribution in [2.75, 3.05) is 5.73 Å². The summed E-state index contributed by atoms with van der Waals surface area (Å²) in [5.74, 6) is -0.534. The number of carbonyl (C=O) groups is 1. The number of hydrogen-bond acceptors (Lipinski definition) is 4. The van der Waals surface area contributed by atoms with Crippen molar-refractivity contribution in [3.05, 3.63) is 29.8 Å². The maximum atomic E-state index is 12.0. The van der Waals surface area contributed by atoms with Gasteiger partial charge in [0.2, 0.25) is 15.9 Å². The topological polar surface area (TPSA) is 101 Å². The maximum Gasteiger partial charge on any atom is 0.238 e. The number of hydrogen-bond donors (Lipinski definition) is 3. The Morgan fingerprint density at radius 1 is 1.20 bits per heavy atom. The van der Waals surface area contributed by atoms with Crippen molar-refractivity contribution < 1.29 is 13.2 Å². The Hall–Kier alpha value is -1.60. The zero-order chi connectivity index (χ0) is 15.3. The summed E-state index contributed by atoms with van der Waals surface area (Å²) in [4.78, 5) is 11.7. The van der Waals surface area contributed by atoms with E-state index < -0.39 is 16.1 Å². The van der Waals surface area contributed by atoms with Crippen LogP contribution in [0.1, 0.15) is 26.3 Å². The van der Waals surface area contributed by atoms with Gasteiger partial charge < -0.3 is 11.1 Å². The molecule has 1 aromatic rings. The second kappa shape index (κ2) is 6.71. The molecule has 0 aliphatic carbocycles. The Balaban J connectivity index is 2.65. The Labute approximate surface area is 119 Å². The van der Waals surface area contributed by atoms with E-state index in [0.29, 0.717) is 11.3 Å². The zero-order valence-electron chi connectivity index (χ0n) is 11.9. The van der Waals surface area contributed by atoms with Gasteiger partial charge >= 0.3 is 0 Å². The number of sulfonamides is 1. The number of anilines is 1. The van der Waals surface area contributed by atoms with Gasteiger partial charge in [0.1, 0.15) is 0 Å². The summed E-state index contributed by atoms with van der Waals surface area (Å²) in [7, 11) is -3.58. The highest BCUT2D eigenvalue weighted by atomic mass is 32.2. The molecule has 1 amide bonds. The summed E-state index contributed by atoms with van der Waals surface area (Å²) in [6.45, 7) is 5.14. The summed E-state index contributed by atoms with van der Waals surface area (Å²) in [6, 6.07) is 5.73. The van der Waals surface area contributed by atoms with Crippen molar-refractivity contribution in [1.82, 2.24) is 10.0 Å². The minimum absolute atomic E-state index is 0.0356. The molecule has 0 saturated carbocycles. The van der Waals surface area contributed by atoms with Crippen LogP contribution in [0, 0.1) is 0 Å². The average Bonchev–Trinajstić information content (AvgIpc) is 2.30. The van der Waals surface area contributed by atoms with Crippen LogP contribution in [0.25, 0.3) is 0 Å². The third-order valence-corrected chi connectivity index (χ3v) is 3.94. The number of nitrogens with one attached hydrogen (secondary N) is 2. The van der Waals surface area contributed by atoms with Crippen molar-refractivity contribution in [2.24, 2.45) is 0 Å². The van der Waals surface area contributed by atoms with Gasteiger partial charge in [-0.25, -0.2) is 13.1 Å². The molecule has 0 radical (unpaired) electrons. The minimum Gasteiger partial charge on any atom is -0.399 e. The molecule has 1 aromatic carbocycles. The zero-order valence-corrected chi connectivity index (χ0v) is 12.7. The summed E-state index contributed by atoms with van der Waals surface area (Å²) in [5, 5.41) is 2.65. The fourth-order valence-electron chi connectivity index (χ4n) is 1.61. The van der Waals surface area contributed by atoms with Crippen LogP contribution in [0.2, 0.25) is 0 Å². The van der Waals surface area contributed by atoms with Crippen molar-refractivity contribution in [3.63, 3.8) is 0 Å². The Morgan fingerprint density at radius 2 is 1.75 bits per heavy atom. The van der Waals surface area contributed by atoms with Gasteiger partial charge in [0, 0.05) is 11.7 Å². The molecule has 112 valence electrons. The highest BCUT2D eigenvalue weighted by Gasteiger charge is 2.20. The van der Waals surface area contributed by atoms with E-state index in [-0.39, 0.29) is 17.7 Å². The monoisotopic (exact) mass is 299 g/mol. The Morgan fingerprint density at radius 3 is 2.25 bits per heavy atom. The first-order chi connectivity index (χ1) is 9.19. The first-order valence-corrected chi connectivity index (χ1v) is 7.99. The second-order valence-corrected chi connectivity index (χ2v) is 6.76. The van der Waals surface area contributed by atoms with Crippen molar-refractivity contribution >= 4 is 21.6 Å². The van der Waals surface area contributed by atoms with Gasteiger partial charge in [0.05, 0.1) is 11.8 Å². The van der Waals surface area contributed by atoms with Gasteiger partial charge in [-0.2, -0.15) is 0 Å². The summed E-state index contributed by atoms with van der Waals surface area (Å²) >= 11 is 0. The fourth-order valence-corrected chi connectivity index (χ4v) is 2.97. The fraction of sp³-hybridized carbons (Fsp3) is 0.462. The summed E-state index contributed by atoms with van der Waals surface area (Å²) in [5.41, 5.74) is 6.73. The highest BCUT2D eigenvalue weighted by Crippen LogP contribution is 2.09. The molecule has 0 spiro atoms. The Kier molecular flexibility index (Phi) is 5.52. The Bertz CT molecular complexity index is 553. The number of rotatable bonds is 6. The third-order valence-electron chi connectivity index (χ3n) is 2.52. The normalized spacial score (nSPS) is 13.2. The first kappa shape index (κ1) is 16.5. The molecule has 0 fully saturated rings. The number of carbonyl (C=O) groups excluding carboxylic acids is 1. The van der Waals surface area contributed by atoms with Crippen LogP contribution in [0.15, 0.2) is 24.3 Å². The van der Waals surface area contributed by atoms with E-state index in [0.717, 1.165) is 0 Å². The SMILES string of the molecule is CC(C)NC(=O)C(C)NS(=O)(=O)Cc1ccc(N)cc1. The summed E-state index contributed by atoms with van der Waals surface area (Å²) < 4.78 is 26.3. The van der Waals surface area contributed by atoms with Gasteiger partial charge in [-0.3, -0.25) is 4.79 Å². The van der Waals surface area contributed by atoms with Gasteiger partial charge in [-0.1, -0.05) is 12.1 Å². The van der Waals surface area contributed by atoms with Crippen LogP contribution in [0.5, 0.6) is 0 Å². The lowest BCUT2D eigenvalue weighted by Crippen LogP contribution is -2.46. The molecule has 0 heterocycles. The molecule has 0 bridgehead atoms. The third kappa shape index (κ3) is 5.58. The smallest absolute Gasteiger partial charge is 0.238 e. The van der Waals surface area contributed by atoms with Crippen molar-refractivity contribution in [2.45, 2.75) is 38.6 Å². The predicted molar refractivity (Wildman–Crippen MR) is 79.4 cm³/mol. The molecule has 1 unspecified atom stereocenters. The van der Waals surface area contributed by atoms with Crippen LogP contribution in [0.4, 0.5) is 5.69 Å². The standard InChI is InChI=1S/C13H21N3O3S/c1-9(2)15-13(17)10(3)16-20(18,19)8-11-4-6-12(14)7-5-11/h4-7,9-10,16H,8,14H2,1-3H3,(H,15,17). The number of amides is 1. The van der Waals surface area contributed by atoms with E-state index in [4.69, 9.17) is 5.73 Å². The van der Waals surface area contributed by atoms with Crippen LogP contribution < -0.4 is 15.8 Å². The molecular weight excluding hydrogens is 278 g/mol. The van der Waals surface area contributed by atoms with Gasteiger partial charge in [-0.15, -0.1) is 0 Å². The number of benzene rings is 1. The molecule has 1 rings (SSSR count). The lowest BCUT2D eigenvalue weighted by Gasteiger charge is -2.16.